The Kier molecular flexibility index (Phi) is 6.31. The minimum Gasteiger partial charge on any atom is -0.366 e. The summed E-state index contributed by atoms with van der Waals surface area (Å²) in [6.07, 6.45) is 2.34. The molecule has 0 spiro atoms. The summed E-state index contributed by atoms with van der Waals surface area (Å²) in [6, 6.07) is 23.0. The number of amides is 2. The molecule has 0 atom stereocenters. The second-order valence-electron chi connectivity index (χ2n) is 8.68. The summed E-state index contributed by atoms with van der Waals surface area (Å²) in [6.45, 7) is 3.97. The lowest BCUT2D eigenvalue weighted by atomic mass is 10.0. The van der Waals surface area contributed by atoms with Gasteiger partial charge in [0.15, 0.2) is 0 Å². The smallest absolute Gasteiger partial charge is 0.257 e. The van der Waals surface area contributed by atoms with Crippen LogP contribution in [0, 0.1) is 13.8 Å². The minimum absolute atomic E-state index is 0.301. The molecule has 0 fully saturated rings. The predicted molar refractivity (Wildman–Crippen MR) is 144 cm³/mol. The maximum Gasteiger partial charge on any atom is 0.257 e. The first-order chi connectivity index (χ1) is 17.4. The fourth-order valence-corrected chi connectivity index (χ4v) is 5.38. The zero-order valence-electron chi connectivity index (χ0n) is 19.9. The molecule has 6 nitrogen and oxygen atoms in total. The SMILES string of the molecule is Cc1cc(C)c2nc(-c3ccccn3)cc(C(=O)Nc3sc(Cc4ccccc4)cc3C(N)=O)c2c1. The van der Waals surface area contributed by atoms with Crippen LogP contribution in [0.2, 0.25) is 0 Å². The molecule has 0 aliphatic heterocycles. The van der Waals surface area contributed by atoms with Crippen LogP contribution < -0.4 is 11.1 Å². The van der Waals surface area contributed by atoms with Crippen molar-refractivity contribution < 1.29 is 9.59 Å². The van der Waals surface area contributed by atoms with E-state index in [0.29, 0.717) is 33.9 Å². The number of hydrogen-bond acceptors (Lipinski definition) is 5. The van der Waals surface area contributed by atoms with Gasteiger partial charge in [0.05, 0.1) is 28.0 Å². The highest BCUT2D eigenvalue weighted by Crippen LogP contribution is 2.32. The van der Waals surface area contributed by atoms with E-state index in [-0.39, 0.29) is 5.91 Å². The number of hydrogen-bond donors (Lipinski definition) is 2. The Morgan fingerprint density at radius 2 is 1.69 bits per heavy atom. The lowest BCUT2D eigenvalue weighted by Crippen LogP contribution is -2.17. The molecular formula is C29H24N4O2S. The van der Waals surface area contributed by atoms with Crippen molar-refractivity contribution in [3.63, 3.8) is 0 Å². The molecule has 5 rings (SSSR count). The van der Waals surface area contributed by atoms with E-state index in [1.54, 1.807) is 18.3 Å². The molecule has 7 heteroatoms. The number of benzene rings is 2. The highest BCUT2D eigenvalue weighted by molar-refractivity contribution is 7.16. The van der Waals surface area contributed by atoms with Crippen LogP contribution in [0.5, 0.6) is 0 Å². The van der Waals surface area contributed by atoms with E-state index in [4.69, 9.17) is 10.7 Å². The number of nitrogens with zero attached hydrogens (tertiary/aromatic N) is 2. The lowest BCUT2D eigenvalue weighted by molar-refractivity contribution is 0.100. The van der Waals surface area contributed by atoms with E-state index < -0.39 is 5.91 Å². The van der Waals surface area contributed by atoms with Crippen molar-refractivity contribution in [1.29, 1.82) is 0 Å². The van der Waals surface area contributed by atoms with Crippen LogP contribution in [0.1, 0.15) is 42.3 Å². The average molecular weight is 493 g/mol. The number of primary amides is 1. The molecule has 3 N–H and O–H groups in total. The second-order valence-corrected chi connectivity index (χ2v) is 9.82. The summed E-state index contributed by atoms with van der Waals surface area (Å²) in [5.41, 5.74) is 11.5. The molecule has 0 aliphatic carbocycles. The van der Waals surface area contributed by atoms with Crippen LogP contribution in [-0.4, -0.2) is 21.8 Å². The quantitative estimate of drug-likeness (QED) is 0.308. The molecule has 178 valence electrons. The minimum atomic E-state index is -0.582. The van der Waals surface area contributed by atoms with Crippen molar-refractivity contribution in [2.45, 2.75) is 20.3 Å². The molecule has 0 saturated heterocycles. The summed E-state index contributed by atoms with van der Waals surface area (Å²) in [7, 11) is 0. The number of carbonyl (C=O) groups excluding carboxylic acids is 2. The lowest BCUT2D eigenvalue weighted by Gasteiger charge is -2.12. The van der Waals surface area contributed by atoms with Crippen LogP contribution in [-0.2, 0) is 6.42 Å². The zero-order valence-corrected chi connectivity index (χ0v) is 20.7. The predicted octanol–water partition coefficient (Wildman–Crippen LogP) is 5.92. The van der Waals surface area contributed by atoms with Crippen LogP contribution in [0.3, 0.4) is 0 Å². The summed E-state index contributed by atoms with van der Waals surface area (Å²) >= 11 is 1.36. The number of thiophene rings is 1. The number of aromatic nitrogens is 2. The topological polar surface area (TPSA) is 98.0 Å². The third kappa shape index (κ3) is 4.74. The number of rotatable bonds is 6. The van der Waals surface area contributed by atoms with Gasteiger partial charge < -0.3 is 11.1 Å². The third-order valence-electron chi connectivity index (χ3n) is 5.92. The molecule has 0 bridgehead atoms. The molecule has 0 aliphatic rings. The third-order valence-corrected chi connectivity index (χ3v) is 6.97. The number of nitrogens with one attached hydrogen (secondary N) is 1. The standard InChI is InChI=1S/C29H24N4O2S/c1-17-12-18(2)26-21(13-17)22(16-25(32-26)24-10-6-7-11-31-24)28(35)33-29-23(27(30)34)15-20(36-29)14-19-8-4-3-5-9-19/h3-13,15-16H,14H2,1-2H3,(H2,30,34)(H,33,35). The fraction of sp³-hybridized carbons (Fsp3) is 0.103. The number of fused-ring (bicyclic) bond motifs is 1. The number of nitrogens with two attached hydrogens (primary N) is 1. The second kappa shape index (κ2) is 9.71. The van der Waals surface area contributed by atoms with Crippen LogP contribution >= 0.6 is 11.3 Å². The van der Waals surface area contributed by atoms with Crippen LogP contribution in [0.4, 0.5) is 5.00 Å². The highest BCUT2D eigenvalue weighted by Gasteiger charge is 2.20. The maximum absolute atomic E-state index is 13.7. The monoisotopic (exact) mass is 492 g/mol. The summed E-state index contributed by atoms with van der Waals surface area (Å²) in [5.74, 6) is -0.915. The van der Waals surface area contributed by atoms with E-state index in [0.717, 1.165) is 32.5 Å². The van der Waals surface area contributed by atoms with Crippen molar-refractivity contribution in [3.8, 4) is 11.4 Å². The molecule has 5 aromatic rings. The van der Waals surface area contributed by atoms with Gasteiger partial charge in [-0.1, -0.05) is 48.0 Å². The Hall–Kier alpha value is -4.36. The zero-order chi connectivity index (χ0) is 25.2. The Bertz CT molecular complexity index is 1590. The largest absolute Gasteiger partial charge is 0.366 e. The molecule has 3 aromatic heterocycles. The molecule has 0 unspecified atom stereocenters. The first-order valence-electron chi connectivity index (χ1n) is 11.5. The highest BCUT2D eigenvalue weighted by atomic mass is 32.1. The normalized spacial score (nSPS) is 10.9. The Morgan fingerprint density at radius 3 is 2.42 bits per heavy atom. The summed E-state index contributed by atoms with van der Waals surface area (Å²) in [5, 5.41) is 4.13. The summed E-state index contributed by atoms with van der Waals surface area (Å²) in [4.78, 5) is 36.0. The van der Waals surface area contributed by atoms with E-state index in [2.05, 4.69) is 10.3 Å². The number of carbonyl (C=O) groups is 2. The van der Waals surface area contributed by atoms with Gasteiger partial charge in [-0.15, -0.1) is 11.3 Å². The molecule has 2 amide bonds. The molecule has 2 aromatic carbocycles. The van der Waals surface area contributed by atoms with E-state index in [1.165, 1.54) is 11.3 Å². The van der Waals surface area contributed by atoms with Gasteiger partial charge in [-0.2, -0.15) is 0 Å². The Balaban J connectivity index is 1.57. The van der Waals surface area contributed by atoms with Gasteiger partial charge in [0.1, 0.15) is 5.00 Å². The fourth-order valence-electron chi connectivity index (χ4n) is 4.29. The van der Waals surface area contributed by atoms with Crippen molar-refractivity contribution in [2.75, 3.05) is 5.32 Å². The van der Waals surface area contributed by atoms with Crippen molar-refractivity contribution >= 4 is 39.1 Å². The first kappa shape index (κ1) is 23.4. The number of pyridine rings is 2. The van der Waals surface area contributed by atoms with Crippen molar-refractivity contribution in [2.24, 2.45) is 5.73 Å². The van der Waals surface area contributed by atoms with Gasteiger partial charge in [0.25, 0.3) is 11.8 Å². The Labute approximate surface area is 212 Å². The van der Waals surface area contributed by atoms with Gasteiger partial charge >= 0.3 is 0 Å². The van der Waals surface area contributed by atoms with Gasteiger partial charge in [0.2, 0.25) is 0 Å². The molecule has 0 saturated carbocycles. The Morgan fingerprint density at radius 1 is 0.917 bits per heavy atom. The van der Waals surface area contributed by atoms with Gasteiger partial charge in [-0.25, -0.2) is 4.98 Å². The van der Waals surface area contributed by atoms with Gasteiger partial charge in [-0.05, 0) is 55.3 Å². The van der Waals surface area contributed by atoms with Gasteiger partial charge in [0, 0.05) is 22.9 Å². The van der Waals surface area contributed by atoms with Crippen molar-refractivity contribution in [3.05, 3.63) is 112 Å². The first-order valence-corrected chi connectivity index (χ1v) is 12.3. The maximum atomic E-state index is 13.7. The van der Waals surface area contributed by atoms with Gasteiger partial charge in [-0.3, -0.25) is 14.6 Å². The number of anilines is 1. The van der Waals surface area contributed by atoms with Crippen LogP contribution in [0.25, 0.3) is 22.3 Å². The van der Waals surface area contributed by atoms with Crippen molar-refractivity contribution in [1.82, 2.24) is 9.97 Å². The molecular weight excluding hydrogens is 468 g/mol. The molecule has 36 heavy (non-hydrogen) atoms. The summed E-state index contributed by atoms with van der Waals surface area (Å²) < 4.78 is 0. The van der Waals surface area contributed by atoms with E-state index in [1.807, 2.05) is 74.5 Å². The van der Waals surface area contributed by atoms with Crippen LogP contribution in [0.15, 0.2) is 79.0 Å². The molecule has 0 radical (unpaired) electrons. The van der Waals surface area contributed by atoms with E-state index >= 15 is 0 Å². The number of aryl methyl sites for hydroxylation is 2. The molecule has 3 heterocycles. The average Bonchev–Trinajstić information content (AvgIpc) is 3.26. The van der Waals surface area contributed by atoms with E-state index in [9.17, 15) is 9.59 Å².